The highest BCUT2D eigenvalue weighted by atomic mass is 19.1. The Hall–Kier alpha value is -2.52. The van der Waals surface area contributed by atoms with Crippen LogP contribution < -0.4 is 0 Å². The van der Waals surface area contributed by atoms with E-state index >= 15 is 0 Å². The minimum atomic E-state index is -0.263. The zero-order valence-corrected chi connectivity index (χ0v) is 14.8. The third-order valence-electron chi connectivity index (χ3n) is 4.59. The predicted octanol–water partition coefficient (Wildman–Crippen LogP) is 5.86. The number of aliphatic hydroxyl groups is 1. The first-order valence-electron chi connectivity index (χ1n) is 8.82. The van der Waals surface area contributed by atoms with E-state index in [0.29, 0.717) is 0 Å². The smallest absolute Gasteiger partial charge is 0.123 e. The molecule has 1 atom stereocenters. The van der Waals surface area contributed by atoms with Gasteiger partial charge >= 0.3 is 0 Å². The molecule has 0 spiro atoms. The molecule has 0 radical (unpaired) electrons. The molecule has 0 saturated carbocycles. The third-order valence-corrected chi connectivity index (χ3v) is 4.59. The lowest BCUT2D eigenvalue weighted by molar-refractivity contribution is 0.230. The Kier molecular flexibility index (Phi) is 5.79. The van der Waals surface area contributed by atoms with Gasteiger partial charge in [0.05, 0.1) is 0 Å². The van der Waals surface area contributed by atoms with Crippen molar-refractivity contribution in [1.82, 2.24) is 0 Å². The molecular formula is C23H22F2O. The summed E-state index contributed by atoms with van der Waals surface area (Å²) in [5.41, 5.74) is 5.02. The summed E-state index contributed by atoms with van der Waals surface area (Å²) < 4.78 is 26.5. The molecule has 134 valence electrons. The molecule has 3 aromatic carbocycles. The van der Waals surface area contributed by atoms with Crippen molar-refractivity contribution >= 4 is 0 Å². The molecule has 26 heavy (non-hydrogen) atoms. The second-order valence-electron chi connectivity index (χ2n) is 6.76. The molecule has 0 amide bonds. The molecular weight excluding hydrogens is 330 g/mol. The van der Waals surface area contributed by atoms with E-state index < -0.39 is 0 Å². The standard InChI is InChI=1S/C23H22F2O/c1-16(15-26)2-3-17-12-20(18-4-8-22(24)9-5-18)14-21(13-17)19-6-10-23(25)11-7-19/h4-14,16,26H,2-3,15H2,1H3/t16-/m1/s1. The van der Waals surface area contributed by atoms with Gasteiger partial charge in [-0.1, -0.05) is 43.3 Å². The van der Waals surface area contributed by atoms with Gasteiger partial charge in [0, 0.05) is 6.61 Å². The summed E-state index contributed by atoms with van der Waals surface area (Å²) in [6.07, 6.45) is 1.72. The van der Waals surface area contributed by atoms with Crippen molar-refractivity contribution in [3.63, 3.8) is 0 Å². The van der Waals surface area contributed by atoms with E-state index in [1.807, 2.05) is 13.0 Å². The molecule has 3 rings (SSSR count). The van der Waals surface area contributed by atoms with Crippen LogP contribution in [0.3, 0.4) is 0 Å². The van der Waals surface area contributed by atoms with Gasteiger partial charge < -0.3 is 5.11 Å². The summed E-state index contributed by atoms with van der Waals surface area (Å²) in [4.78, 5) is 0. The average molecular weight is 352 g/mol. The first kappa shape index (κ1) is 18.3. The van der Waals surface area contributed by atoms with Gasteiger partial charge in [0.25, 0.3) is 0 Å². The summed E-state index contributed by atoms with van der Waals surface area (Å²) in [5, 5.41) is 9.26. The summed E-state index contributed by atoms with van der Waals surface area (Å²) in [5.74, 6) is -0.292. The maximum absolute atomic E-state index is 13.3. The number of rotatable bonds is 6. The minimum Gasteiger partial charge on any atom is -0.396 e. The maximum atomic E-state index is 13.3. The second kappa shape index (κ2) is 8.24. The molecule has 3 heteroatoms. The molecule has 0 unspecified atom stereocenters. The van der Waals surface area contributed by atoms with Gasteiger partial charge in [-0.15, -0.1) is 0 Å². The van der Waals surface area contributed by atoms with Crippen LogP contribution in [0.4, 0.5) is 8.78 Å². The van der Waals surface area contributed by atoms with E-state index in [9.17, 15) is 13.9 Å². The lowest BCUT2D eigenvalue weighted by Gasteiger charge is -2.13. The predicted molar refractivity (Wildman–Crippen MR) is 102 cm³/mol. The SMILES string of the molecule is C[C@@H](CO)CCc1cc(-c2ccc(F)cc2)cc(-c2ccc(F)cc2)c1. The van der Waals surface area contributed by atoms with Crippen LogP contribution in [-0.2, 0) is 6.42 Å². The molecule has 0 aliphatic heterocycles. The van der Waals surface area contributed by atoms with E-state index in [1.165, 1.54) is 24.3 Å². The monoisotopic (exact) mass is 352 g/mol. The Labute approximate surface area is 152 Å². The summed E-state index contributed by atoms with van der Waals surface area (Å²) in [6.45, 7) is 2.19. The number of aryl methyl sites for hydroxylation is 1. The van der Waals surface area contributed by atoms with Crippen molar-refractivity contribution in [2.75, 3.05) is 6.61 Å². The van der Waals surface area contributed by atoms with Crippen molar-refractivity contribution in [3.05, 3.63) is 83.9 Å². The van der Waals surface area contributed by atoms with E-state index in [1.54, 1.807) is 24.3 Å². The highest BCUT2D eigenvalue weighted by Gasteiger charge is 2.08. The topological polar surface area (TPSA) is 20.2 Å². The quantitative estimate of drug-likeness (QED) is 0.589. The Balaban J connectivity index is 2.01. The Bertz CT molecular complexity index is 791. The van der Waals surface area contributed by atoms with Crippen molar-refractivity contribution in [2.45, 2.75) is 19.8 Å². The molecule has 0 aromatic heterocycles. The van der Waals surface area contributed by atoms with Crippen molar-refractivity contribution in [3.8, 4) is 22.3 Å². The van der Waals surface area contributed by atoms with Gasteiger partial charge in [0.1, 0.15) is 11.6 Å². The van der Waals surface area contributed by atoms with Gasteiger partial charge in [-0.05, 0) is 76.9 Å². The zero-order valence-electron chi connectivity index (χ0n) is 14.8. The normalized spacial score (nSPS) is 12.2. The van der Waals surface area contributed by atoms with Crippen LogP contribution in [0.2, 0.25) is 0 Å². The molecule has 0 fully saturated rings. The number of aliphatic hydroxyl groups excluding tert-OH is 1. The van der Waals surface area contributed by atoms with Gasteiger partial charge in [-0.2, -0.15) is 0 Å². The Morgan fingerprint density at radius 1 is 0.731 bits per heavy atom. The van der Waals surface area contributed by atoms with E-state index in [2.05, 4.69) is 12.1 Å². The van der Waals surface area contributed by atoms with Crippen LogP contribution in [0.25, 0.3) is 22.3 Å². The highest BCUT2D eigenvalue weighted by molar-refractivity contribution is 5.74. The first-order valence-corrected chi connectivity index (χ1v) is 8.82. The van der Waals surface area contributed by atoms with Gasteiger partial charge in [-0.25, -0.2) is 8.78 Å². The minimum absolute atomic E-state index is 0.169. The number of hydrogen-bond acceptors (Lipinski definition) is 1. The fourth-order valence-corrected chi connectivity index (χ4v) is 2.96. The van der Waals surface area contributed by atoms with Crippen LogP contribution in [0.15, 0.2) is 66.7 Å². The molecule has 1 N–H and O–H groups in total. The molecule has 0 aliphatic carbocycles. The summed E-state index contributed by atoms with van der Waals surface area (Å²) in [7, 11) is 0. The van der Waals surface area contributed by atoms with Gasteiger partial charge in [-0.3, -0.25) is 0 Å². The highest BCUT2D eigenvalue weighted by Crippen LogP contribution is 2.29. The van der Waals surface area contributed by atoms with E-state index in [0.717, 1.165) is 40.7 Å². The largest absolute Gasteiger partial charge is 0.396 e. The van der Waals surface area contributed by atoms with Crippen LogP contribution in [0, 0.1) is 17.6 Å². The number of hydrogen-bond donors (Lipinski definition) is 1. The van der Waals surface area contributed by atoms with Crippen molar-refractivity contribution in [2.24, 2.45) is 5.92 Å². The average Bonchev–Trinajstić information content (AvgIpc) is 2.67. The summed E-state index contributed by atoms with van der Waals surface area (Å²) in [6, 6.07) is 19.1. The Morgan fingerprint density at radius 3 is 1.62 bits per heavy atom. The van der Waals surface area contributed by atoms with Crippen molar-refractivity contribution in [1.29, 1.82) is 0 Å². The number of halogens is 2. The van der Waals surface area contributed by atoms with E-state index in [-0.39, 0.29) is 24.2 Å². The molecule has 1 nitrogen and oxygen atoms in total. The lowest BCUT2D eigenvalue weighted by atomic mass is 9.93. The molecule has 3 aromatic rings. The fourth-order valence-electron chi connectivity index (χ4n) is 2.96. The van der Waals surface area contributed by atoms with Crippen LogP contribution in [-0.4, -0.2) is 11.7 Å². The lowest BCUT2D eigenvalue weighted by Crippen LogP contribution is -2.02. The van der Waals surface area contributed by atoms with E-state index in [4.69, 9.17) is 0 Å². The van der Waals surface area contributed by atoms with Gasteiger partial charge in [0.15, 0.2) is 0 Å². The molecule has 0 bridgehead atoms. The fraction of sp³-hybridized carbons (Fsp3) is 0.217. The summed E-state index contributed by atoms with van der Waals surface area (Å²) >= 11 is 0. The Morgan fingerprint density at radius 2 is 1.19 bits per heavy atom. The van der Waals surface area contributed by atoms with Crippen LogP contribution in [0.5, 0.6) is 0 Å². The van der Waals surface area contributed by atoms with Gasteiger partial charge in [0.2, 0.25) is 0 Å². The maximum Gasteiger partial charge on any atom is 0.123 e. The van der Waals surface area contributed by atoms with Crippen LogP contribution >= 0.6 is 0 Å². The number of benzene rings is 3. The molecule has 0 aliphatic rings. The first-order chi connectivity index (χ1) is 12.5. The third kappa shape index (κ3) is 4.55. The van der Waals surface area contributed by atoms with Crippen LogP contribution in [0.1, 0.15) is 18.9 Å². The second-order valence-corrected chi connectivity index (χ2v) is 6.76. The zero-order chi connectivity index (χ0) is 18.5. The van der Waals surface area contributed by atoms with Crippen molar-refractivity contribution < 1.29 is 13.9 Å². The molecule has 0 saturated heterocycles. The molecule has 0 heterocycles.